The number of sulfonamides is 2. The molecule has 6 nitrogen and oxygen atoms in total. The minimum Gasteiger partial charge on any atom is -0.277 e. The Morgan fingerprint density at radius 3 is 2.35 bits per heavy atom. The Morgan fingerprint density at radius 2 is 1.78 bits per heavy atom. The number of rotatable bonds is 6. The SMILES string of the molecule is CS(=O)(=O)N(c1ccccc1NS(=O)(=O)c1cccs1)C1CC1. The second-order valence-electron chi connectivity index (χ2n) is 5.34. The molecule has 0 amide bonds. The second kappa shape index (κ2) is 5.81. The molecule has 1 aromatic carbocycles. The van der Waals surface area contributed by atoms with E-state index in [0.29, 0.717) is 5.69 Å². The highest BCUT2D eigenvalue weighted by Gasteiger charge is 2.36. The van der Waals surface area contributed by atoms with Crippen molar-refractivity contribution in [1.29, 1.82) is 0 Å². The fourth-order valence-corrected chi connectivity index (χ4v) is 5.65. The van der Waals surface area contributed by atoms with E-state index in [1.54, 1.807) is 35.7 Å². The van der Waals surface area contributed by atoms with Crippen LogP contribution in [-0.4, -0.2) is 29.1 Å². The van der Waals surface area contributed by atoms with Gasteiger partial charge < -0.3 is 0 Å². The van der Waals surface area contributed by atoms with E-state index in [9.17, 15) is 16.8 Å². The average molecular weight is 372 g/mol. The predicted molar refractivity (Wildman–Crippen MR) is 91.9 cm³/mol. The van der Waals surface area contributed by atoms with Crippen LogP contribution in [0.2, 0.25) is 0 Å². The molecule has 3 rings (SSSR count). The van der Waals surface area contributed by atoms with Gasteiger partial charge in [0.05, 0.1) is 17.6 Å². The Balaban J connectivity index is 2.02. The van der Waals surface area contributed by atoms with Gasteiger partial charge >= 0.3 is 0 Å². The zero-order valence-electron chi connectivity index (χ0n) is 12.3. The first kappa shape index (κ1) is 16.3. The molecular formula is C14H16N2O4S3. The van der Waals surface area contributed by atoms with Gasteiger partial charge in [0.25, 0.3) is 10.0 Å². The van der Waals surface area contributed by atoms with Crippen LogP contribution in [0.4, 0.5) is 11.4 Å². The second-order valence-corrected chi connectivity index (χ2v) is 10.1. The number of hydrogen-bond acceptors (Lipinski definition) is 5. The maximum atomic E-state index is 12.4. The van der Waals surface area contributed by atoms with Crippen LogP contribution in [0.3, 0.4) is 0 Å². The van der Waals surface area contributed by atoms with Crippen LogP contribution in [0.5, 0.6) is 0 Å². The molecule has 1 N–H and O–H groups in total. The Labute approximate surface area is 139 Å². The molecule has 124 valence electrons. The maximum absolute atomic E-state index is 12.4. The van der Waals surface area contributed by atoms with Gasteiger partial charge in [-0.25, -0.2) is 16.8 Å². The molecule has 0 saturated heterocycles. The number of nitrogens with zero attached hydrogens (tertiary/aromatic N) is 1. The third kappa shape index (κ3) is 3.51. The highest BCUT2D eigenvalue weighted by molar-refractivity contribution is 7.94. The van der Waals surface area contributed by atoms with E-state index in [0.717, 1.165) is 30.4 Å². The molecule has 1 heterocycles. The van der Waals surface area contributed by atoms with Crippen molar-refractivity contribution in [2.45, 2.75) is 23.1 Å². The van der Waals surface area contributed by atoms with E-state index in [4.69, 9.17) is 0 Å². The van der Waals surface area contributed by atoms with Crippen LogP contribution < -0.4 is 9.03 Å². The van der Waals surface area contributed by atoms with Crippen molar-refractivity contribution in [1.82, 2.24) is 0 Å². The molecular weight excluding hydrogens is 356 g/mol. The Hall–Kier alpha value is -1.58. The van der Waals surface area contributed by atoms with E-state index in [2.05, 4.69) is 4.72 Å². The molecule has 1 saturated carbocycles. The van der Waals surface area contributed by atoms with Crippen molar-refractivity contribution in [2.24, 2.45) is 0 Å². The van der Waals surface area contributed by atoms with Crippen molar-refractivity contribution in [3.8, 4) is 0 Å². The van der Waals surface area contributed by atoms with Crippen molar-refractivity contribution in [3.63, 3.8) is 0 Å². The zero-order valence-corrected chi connectivity index (χ0v) is 14.8. The number of hydrogen-bond donors (Lipinski definition) is 1. The fourth-order valence-electron chi connectivity index (χ4n) is 2.32. The number of thiophene rings is 1. The van der Waals surface area contributed by atoms with Gasteiger partial charge in [0.15, 0.2) is 0 Å². The quantitative estimate of drug-likeness (QED) is 0.844. The van der Waals surface area contributed by atoms with Crippen molar-refractivity contribution in [2.75, 3.05) is 15.3 Å². The molecule has 1 aromatic heterocycles. The Kier molecular flexibility index (Phi) is 4.11. The lowest BCUT2D eigenvalue weighted by Gasteiger charge is -2.24. The third-order valence-corrected chi connectivity index (χ3v) is 7.35. The van der Waals surface area contributed by atoms with Gasteiger partial charge in [-0.15, -0.1) is 11.3 Å². The van der Waals surface area contributed by atoms with E-state index < -0.39 is 20.0 Å². The number of para-hydroxylation sites is 2. The molecule has 0 atom stereocenters. The summed E-state index contributed by atoms with van der Waals surface area (Å²) in [6.07, 6.45) is 2.69. The normalized spacial score (nSPS) is 15.3. The van der Waals surface area contributed by atoms with E-state index in [1.807, 2.05) is 0 Å². The highest BCUT2D eigenvalue weighted by Crippen LogP contribution is 2.38. The van der Waals surface area contributed by atoms with Crippen molar-refractivity contribution in [3.05, 3.63) is 41.8 Å². The molecule has 0 spiro atoms. The summed E-state index contributed by atoms with van der Waals surface area (Å²) in [6.45, 7) is 0. The summed E-state index contributed by atoms with van der Waals surface area (Å²) in [5, 5.41) is 1.67. The summed E-state index contributed by atoms with van der Waals surface area (Å²) < 4.78 is 53.0. The van der Waals surface area contributed by atoms with Crippen molar-refractivity contribution >= 4 is 42.8 Å². The van der Waals surface area contributed by atoms with Crippen LogP contribution >= 0.6 is 11.3 Å². The fraction of sp³-hybridized carbons (Fsp3) is 0.286. The first-order valence-electron chi connectivity index (χ1n) is 6.94. The van der Waals surface area contributed by atoms with Gasteiger partial charge in [-0.05, 0) is 36.4 Å². The Morgan fingerprint density at radius 1 is 1.09 bits per heavy atom. The lowest BCUT2D eigenvalue weighted by molar-refractivity contribution is 0.595. The molecule has 2 aromatic rings. The van der Waals surface area contributed by atoms with Gasteiger partial charge in [-0.2, -0.15) is 0 Å². The molecule has 1 aliphatic rings. The highest BCUT2D eigenvalue weighted by atomic mass is 32.2. The molecule has 9 heteroatoms. The van der Waals surface area contributed by atoms with E-state index in [1.165, 1.54) is 10.4 Å². The zero-order chi connectivity index (χ0) is 16.7. The van der Waals surface area contributed by atoms with Crippen LogP contribution in [0, 0.1) is 0 Å². The van der Waals surface area contributed by atoms with Crippen LogP contribution in [0.25, 0.3) is 0 Å². The Bertz CT molecular complexity index is 901. The monoisotopic (exact) mass is 372 g/mol. The standard InChI is InChI=1S/C14H16N2O4S3/c1-22(17,18)16(11-8-9-11)13-6-3-2-5-12(13)15-23(19,20)14-7-4-10-21-14/h2-7,10-11,15H,8-9H2,1H3. The molecule has 0 unspecified atom stereocenters. The maximum Gasteiger partial charge on any atom is 0.271 e. The molecule has 23 heavy (non-hydrogen) atoms. The minimum absolute atomic E-state index is 0.0996. The summed E-state index contributed by atoms with van der Waals surface area (Å²) in [6, 6.07) is 9.61. The molecule has 1 fully saturated rings. The summed E-state index contributed by atoms with van der Waals surface area (Å²) in [5.41, 5.74) is 0.621. The van der Waals surface area contributed by atoms with Crippen molar-refractivity contribution < 1.29 is 16.8 Å². The number of benzene rings is 1. The molecule has 0 aliphatic heterocycles. The third-order valence-electron chi connectivity index (χ3n) is 3.38. The van der Waals surface area contributed by atoms with Gasteiger partial charge in [0.2, 0.25) is 10.0 Å². The van der Waals surface area contributed by atoms with Gasteiger partial charge in [-0.3, -0.25) is 9.03 Å². The summed E-state index contributed by atoms with van der Waals surface area (Å²) in [7, 11) is -7.22. The topological polar surface area (TPSA) is 83.6 Å². The molecule has 0 bridgehead atoms. The first-order chi connectivity index (χ1) is 10.8. The van der Waals surface area contributed by atoms with Gasteiger partial charge in [0, 0.05) is 6.04 Å². The summed E-state index contributed by atoms with van der Waals surface area (Å²) >= 11 is 1.11. The number of nitrogens with one attached hydrogen (secondary N) is 1. The van der Waals surface area contributed by atoms with Crippen LogP contribution in [0.15, 0.2) is 46.0 Å². The summed E-state index contributed by atoms with van der Waals surface area (Å²) in [5.74, 6) is 0. The largest absolute Gasteiger partial charge is 0.277 e. The number of anilines is 2. The summed E-state index contributed by atoms with van der Waals surface area (Å²) in [4.78, 5) is 0. The van der Waals surface area contributed by atoms with E-state index >= 15 is 0 Å². The van der Waals surface area contributed by atoms with Gasteiger partial charge in [-0.1, -0.05) is 18.2 Å². The minimum atomic E-state index is -3.73. The van der Waals surface area contributed by atoms with E-state index in [-0.39, 0.29) is 15.9 Å². The average Bonchev–Trinajstić information content (AvgIpc) is 3.10. The molecule has 1 aliphatic carbocycles. The predicted octanol–water partition coefficient (Wildman–Crippen LogP) is 2.48. The van der Waals surface area contributed by atoms with Gasteiger partial charge in [0.1, 0.15) is 4.21 Å². The smallest absolute Gasteiger partial charge is 0.271 e. The first-order valence-corrected chi connectivity index (χ1v) is 11.1. The van der Waals surface area contributed by atoms with Crippen LogP contribution in [-0.2, 0) is 20.0 Å². The lowest BCUT2D eigenvalue weighted by atomic mass is 10.2. The lowest BCUT2D eigenvalue weighted by Crippen LogP contribution is -2.32. The van der Waals surface area contributed by atoms with Crippen LogP contribution in [0.1, 0.15) is 12.8 Å². The molecule has 0 radical (unpaired) electrons.